The maximum atomic E-state index is 14.2. The lowest BCUT2D eigenvalue weighted by atomic mass is 10.00. The number of carbonyl (C=O) groups is 5. The molecule has 0 saturated heterocycles. The number of nitrogens with zero attached hydrogens (tertiary/aromatic N) is 2. The van der Waals surface area contributed by atoms with E-state index in [1.807, 2.05) is 24.3 Å². The van der Waals surface area contributed by atoms with E-state index < -0.39 is 83.7 Å². The van der Waals surface area contributed by atoms with Gasteiger partial charge in [-0.2, -0.15) is 0 Å². The maximum Gasteiger partial charge on any atom is 0.305 e. The van der Waals surface area contributed by atoms with E-state index in [1.165, 1.54) is 4.90 Å². The Bertz CT molecular complexity index is 1820. The number of halogens is 2. The van der Waals surface area contributed by atoms with Crippen LogP contribution in [0.25, 0.3) is 11.1 Å². The number of carboxylic acid groups (broad SMARTS) is 1. The van der Waals surface area contributed by atoms with Gasteiger partial charge in [-0.25, -0.2) is 13.8 Å². The van der Waals surface area contributed by atoms with E-state index in [0.717, 1.165) is 17.2 Å². The van der Waals surface area contributed by atoms with Gasteiger partial charge in [-0.1, -0.05) is 56.3 Å². The molecule has 1 aromatic heterocycles. The molecule has 11 nitrogen and oxygen atoms in total. The fourth-order valence-electron chi connectivity index (χ4n) is 5.64. The summed E-state index contributed by atoms with van der Waals surface area (Å²) in [6.07, 6.45) is -0.0327. The first-order valence-electron chi connectivity index (χ1n) is 15.0. The van der Waals surface area contributed by atoms with Crippen LogP contribution in [-0.2, 0) is 27.2 Å². The average Bonchev–Trinajstić information content (AvgIpc) is 3.66. The van der Waals surface area contributed by atoms with Crippen LogP contribution >= 0.6 is 0 Å². The van der Waals surface area contributed by atoms with Crippen LogP contribution in [0, 0.1) is 17.6 Å². The van der Waals surface area contributed by atoms with Gasteiger partial charge in [0.1, 0.15) is 23.4 Å². The minimum atomic E-state index is -1.71. The summed E-state index contributed by atoms with van der Waals surface area (Å²) in [7, 11) is 0. The Kier molecular flexibility index (Phi) is 9.73. The van der Waals surface area contributed by atoms with Crippen molar-refractivity contribution in [3.05, 3.63) is 101 Å². The molecular weight excluding hydrogens is 614 g/mol. The topological polar surface area (TPSA) is 159 Å². The number of rotatable bonds is 12. The van der Waals surface area contributed by atoms with Crippen molar-refractivity contribution in [2.45, 2.75) is 51.2 Å². The van der Waals surface area contributed by atoms with E-state index in [2.05, 4.69) is 15.6 Å². The summed E-state index contributed by atoms with van der Waals surface area (Å²) in [5.74, 6) is -7.58. The molecule has 13 heteroatoms. The monoisotopic (exact) mass is 646 g/mol. The lowest BCUT2D eigenvalue weighted by Crippen LogP contribution is -2.57. The summed E-state index contributed by atoms with van der Waals surface area (Å²) in [4.78, 5) is 70.9. The highest BCUT2D eigenvalue weighted by Crippen LogP contribution is 2.27. The number of aliphatic carboxylic acids is 1. The molecule has 0 aliphatic heterocycles. The summed E-state index contributed by atoms with van der Waals surface area (Å²) < 4.78 is 33.1. The molecule has 0 bridgehead atoms. The summed E-state index contributed by atoms with van der Waals surface area (Å²) >= 11 is 0. The van der Waals surface area contributed by atoms with Crippen LogP contribution < -0.4 is 10.6 Å². The third kappa shape index (κ3) is 7.51. The van der Waals surface area contributed by atoms with Crippen LogP contribution in [0.1, 0.15) is 52.4 Å². The highest BCUT2D eigenvalue weighted by Gasteiger charge is 2.38. The van der Waals surface area contributed by atoms with Crippen molar-refractivity contribution in [1.29, 1.82) is 0 Å². The molecule has 0 spiro atoms. The molecule has 1 aliphatic carbocycles. The van der Waals surface area contributed by atoms with Crippen molar-refractivity contribution in [3.63, 3.8) is 0 Å². The number of hydrogen-bond donors (Lipinski definition) is 3. The summed E-state index contributed by atoms with van der Waals surface area (Å²) in [6.45, 7) is 2.94. The minimum absolute atomic E-state index is 0.305. The van der Waals surface area contributed by atoms with Crippen molar-refractivity contribution < 1.29 is 42.3 Å². The Morgan fingerprint density at radius 2 is 1.60 bits per heavy atom. The molecule has 2 atom stereocenters. The predicted octanol–water partition coefficient (Wildman–Crippen LogP) is 3.70. The molecule has 5 rings (SSSR count). The highest BCUT2D eigenvalue weighted by molar-refractivity contribution is 6.02. The van der Waals surface area contributed by atoms with Gasteiger partial charge in [-0.15, -0.1) is 0 Å². The first kappa shape index (κ1) is 32.9. The number of nitrogens with one attached hydrogen (secondary N) is 2. The van der Waals surface area contributed by atoms with Crippen molar-refractivity contribution >= 4 is 40.6 Å². The first-order valence-corrected chi connectivity index (χ1v) is 15.0. The number of ketones is 1. The van der Waals surface area contributed by atoms with Gasteiger partial charge < -0.3 is 25.1 Å². The molecule has 3 N–H and O–H groups in total. The molecule has 1 aliphatic rings. The zero-order chi connectivity index (χ0) is 33.8. The zero-order valence-corrected chi connectivity index (χ0v) is 25.5. The Balaban J connectivity index is 1.40. The second-order valence-corrected chi connectivity index (χ2v) is 11.7. The van der Waals surface area contributed by atoms with Gasteiger partial charge >= 0.3 is 5.97 Å². The van der Waals surface area contributed by atoms with Gasteiger partial charge in [-0.05, 0) is 42.0 Å². The quantitative estimate of drug-likeness (QED) is 0.197. The zero-order valence-electron chi connectivity index (χ0n) is 25.5. The van der Waals surface area contributed by atoms with Crippen LogP contribution in [0.4, 0.5) is 8.78 Å². The molecule has 0 radical (unpaired) electrons. The van der Waals surface area contributed by atoms with Crippen molar-refractivity contribution in [3.8, 4) is 0 Å². The smallest absolute Gasteiger partial charge is 0.305 e. The van der Waals surface area contributed by atoms with E-state index in [4.69, 9.17) is 4.42 Å². The molecule has 0 fully saturated rings. The lowest BCUT2D eigenvalue weighted by Gasteiger charge is -2.34. The number of hydrogen-bond acceptors (Lipinski definition) is 7. The molecule has 1 heterocycles. The van der Waals surface area contributed by atoms with Crippen LogP contribution in [0.15, 0.2) is 71.1 Å². The van der Waals surface area contributed by atoms with E-state index in [0.29, 0.717) is 24.5 Å². The van der Waals surface area contributed by atoms with E-state index in [-0.39, 0.29) is 11.4 Å². The molecular formula is C34H32F2N4O7. The Morgan fingerprint density at radius 3 is 2.21 bits per heavy atom. The van der Waals surface area contributed by atoms with Gasteiger partial charge in [-0.3, -0.25) is 24.0 Å². The van der Waals surface area contributed by atoms with Gasteiger partial charge in [0.15, 0.2) is 11.4 Å². The number of aromatic nitrogens is 1. The highest BCUT2D eigenvalue weighted by atomic mass is 19.1. The van der Waals surface area contributed by atoms with E-state index >= 15 is 0 Å². The molecule has 0 saturated carbocycles. The Labute approximate surface area is 268 Å². The second-order valence-electron chi connectivity index (χ2n) is 11.7. The van der Waals surface area contributed by atoms with E-state index in [9.17, 15) is 37.9 Å². The summed E-state index contributed by atoms with van der Waals surface area (Å²) in [5, 5.41) is 14.6. The molecule has 47 heavy (non-hydrogen) atoms. The summed E-state index contributed by atoms with van der Waals surface area (Å²) in [6, 6.07) is 14.1. The van der Waals surface area contributed by atoms with Gasteiger partial charge in [0.25, 0.3) is 11.8 Å². The number of carboxylic acids is 1. The number of carbonyl (C=O) groups excluding carboxylic acids is 4. The number of benzene rings is 3. The Hall–Kier alpha value is -5.46. The number of amides is 3. The molecule has 4 aromatic rings. The third-order valence-electron chi connectivity index (χ3n) is 7.97. The minimum Gasteiger partial charge on any atom is -0.481 e. The fraction of sp³-hybridized carbons (Fsp3) is 0.294. The van der Waals surface area contributed by atoms with Crippen LogP contribution in [0.5, 0.6) is 0 Å². The fourth-order valence-corrected chi connectivity index (χ4v) is 5.64. The van der Waals surface area contributed by atoms with Gasteiger partial charge in [0, 0.05) is 23.7 Å². The van der Waals surface area contributed by atoms with Gasteiger partial charge in [0.2, 0.25) is 17.6 Å². The number of Topliss-reactive ketones (excluding diaryl/α,β-unsaturated/α-hetero) is 1. The molecule has 2 unspecified atom stereocenters. The third-order valence-corrected chi connectivity index (χ3v) is 7.97. The average molecular weight is 647 g/mol. The Morgan fingerprint density at radius 1 is 0.957 bits per heavy atom. The van der Waals surface area contributed by atoms with Crippen LogP contribution in [0.2, 0.25) is 0 Å². The molecule has 244 valence electrons. The number of fused-ring (bicyclic) bond motifs is 2. The van der Waals surface area contributed by atoms with Crippen molar-refractivity contribution in [2.24, 2.45) is 5.92 Å². The van der Waals surface area contributed by atoms with Crippen LogP contribution in [-0.4, -0.2) is 69.1 Å². The normalized spacial score (nSPS) is 14.0. The molecule has 3 amide bonds. The first-order chi connectivity index (χ1) is 22.4. The second kappa shape index (κ2) is 13.9. The predicted molar refractivity (Wildman–Crippen MR) is 164 cm³/mol. The SMILES string of the molecule is CC(C)C(NC(=O)c1ccccc1)C(=O)N(CC(=O)NC(CC(=O)O)C(=O)c1nc2cc(F)cc(F)c2o1)C1Cc2ccccc2C1. The number of oxazole rings is 1. The lowest BCUT2D eigenvalue weighted by molar-refractivity contribution is -0.141. The molecule has 3 aromatic carbocycles. The van der Waals surface area contributed by atoms with Crippen molar-refractivity contribution in [1.82, 2.24) is 20.5 Å². The van der Waals surface area contributed by atoms with Crippen molar-refractivity contribution in [2.75, 3.05) is 6.54 Å². The van der Waals surface area contributed by atoms with E-state index in [1.54, 1.807) is 44.2 Å². The van der Waals surface area contributed by atoms with Gasteiger partial charge in [0.05, 0.1) is 13.0 Å². The maximum absolute atomic E-state index is 14.2. The standard InChI is InChI=1S/C34H32F2N4O7/c1-18(2)29(39-32(45)19-8-4-3-5-9-19)34(46)40(23-12-20-10-6-7-11-21(20)13-23)17-27(41)37-25(16-28(42)43)30(44)33-38-26-15-22(35)14-24(36)31(26)47-33/h3-11,14-15,18,23,25,29H,12-13,16-17H2,1-2H3,(H,37,41)(H,39,45)(H,42,43). The summed E-state index contributed by atoms with van der Waals surface area (Å²) in [5.41, 5.74) is 1.51. The largest absolute Gasteiger partial charge is 0.481 e. The van der Waals surface area contributed by atoms with Crippen LogP contribution in [0.3, 0.4) is 0 Å².